The molecule has 0 unspecified atom stereocenters. The summed E-state index contributed by atoms with van der Waals surface area (Å²) in [7, 11) is -4.61. The van der Waals surface area contributed by atoms with Crippen LogP contribution >= 0.6 is 30.4 Å². The Morgan fingerprint density at radius 2 is 0.464 bits per heavy atom. The molecule has 0 aliphatic carbocycles. The molecular formula is C21H54O3P4. The van der Waals surface area contributed by atoms with Crippen LogP contribution in [0.15, 0.2) is 0 Å². The minimum absolute atomic E-state index is 0.412. The van der Waals surface area contributed by atoms with Crippen molar-refractivity contribution < 1.29 is 14.7 Å². The smallest absolute Gasteiger partial charge is 0.0563 e. The SMILES string of the molecule is CC[P+](C)(CC)CC.CC[P+](C)(CC)CC.CC[P+](C)(CC)CC.[O-]P([O-])[O-]. The van der Waals surface area contributed by atoms with Crippen LogP contribution in [-0.4, -0.2) is 75.5 Å². The summed E-state index contributed by atoms with van der Waals surface area (Å²) in [5, 5.41) is 0. The molecule has 0 aromatic rings. The van der Waals surface area contributed by atoms with E-state index in [0.29, 0.717) is 0 Å². The largest absolute Gasteiger partial charge is 0.854 e. The molecule has 0 aromatic carbocycles. The molecule has 0 spiro atoms. The molecule has 7 heteroatoms. The zero-order valence-electron chi connectivity index (χ0n) is 21.4. The van der Waals surface area contributed by atoms with Gasteiger partial charge in [0.1, 0.15) is 0 Å². The molecule has 0 amide bonds. The zero-order chi connectivity index (χ0) is 23.4. The Labute approximate surface area is 182 Å². The van der Waals surface area contributed by atoms with Crippen LogP contribution in [-0.2, 0) is 0 Å². The summed E-state index contributed by atoms with van der Waals surface area (Å²) < 4.78 is 0. The van der Waals surface area contributed by atoms with Gasteiger partial charge in [-0.15, -0.1) is 0 Å². The van der Waals surface area contributed by atoms with E-state index in [4.69, 9.17) is 14.7 Å². The normalized spacial score (nSPS) is 11.6. The standard InChI is InChI=1S/3C7H18P.O3P/c3*1-5-8(4,6-2)7-3;1-4(2)3/h3*5-7H2,1-4H3;/q3*+1;-3. The van der Waals surface area contributed by atoms with E-state index in [2.05, 4.69) is 82.3 Å². The van der Waals surface area contributed by atoms with Gasteiger partial charge in [-0.2, -0.15) is 0 Å². The van der Waals surface area contributed by atoms with E-state index < -0.39 is 30.4 Å². The molecule has 0 fully saturated rings. The summed E-state index contributed by atoms with van der Waals surface area (Å²) in [5.74, 6) is 0. The topological polar surface area (TPSA) is 69.2 Å². The van der Waals surface area contributed by atoms with Crippen molar-refractivity contribution in [2.45, 2.75) is 62.3 Å². The highest BCUT2D eigenvalue weighted by molar-refractivity contribution is 7.75. The van der Waals surface area contributed by atoms with Gasteiger partial charge in [-0.25, -0.2) is 0 Å². The summed E-state index contributed by atoms with van der Waals surface area (Å²) in [6.07, 6.45) is 12.9. The molecule has 0 rings (SSSR count). The van der Waals surface area contributed by atoms with E-state index >= 15 is 0 Å². The van der Waals surface area contributed by atoms with Gasteiger partial charge in [0.15, 0.2) is 0 Å². The van der Waals surface area contributed by atoms with E-state index in [1.165, 1.54) is 55.5 Å². The predicted octanol–water partition coefficient (Wildman–Crippen LogP) is 5.37. The second kappa shape index (κ2) is 21.8. The van der Waals surface area contributed by atoms with Crippen LogP contribution in [0.25, 0.3) is 0 Å². The molecule has 3 nitrogen and oxygen atoms in total. The lowest BCUT2D eigenvalue weighted by Gasteiger charge is -2.39. The lowest BCUT2D eigenvalue weighted by molar-refractivity contribution is -0.407. The molecule has 0 heterocycles. The van der Waals surface area contributed by atoms with Gasteiger partial charge in [-0.05, 0) is 62.3 Å². The third kappa shape index (κ3) is 23.9. The van der Waals surface area contributed by atoms with Crippen molar-refractivity contribution in [2.75, 3.05) is 75.5 Å². The fourth-order valence-corrected chi connectivity index (χ4v) is 6.04. The third-order valence-corrected chi connectivity index (χ3v) is 20.6. The predicted molar refractivity (Wildman–Crippen MR) is 140 cm³/mol. The molecule has 0 saturated carbocycles. The van der Waals surface area contributed by atoms with Gasteiger partial charge in [-0.1, -0.05) is 0 Å². The molecule has 0 N–H and O–H groups in total. The molecule has 0 atom stereocenters. The molecular weight excluding hydrogens is 424 g/mol. The highest BCUT2D eigenvalue weighted by Gasteiger charge is 2.23. The lowest BCUT2D eigenvalue weighted by Crippen LogP contribution is -2.18. The summed E-state index contributed by atoms with van der Waals surface area (Å²) in [6.45, 7) is 28.3. The van der Waals surface area contributed by atoms with Crippen LogP contribution in [0.1, 0.15) is 62.3 Å². The second-order valence-electron chi connectivity index (χ2n) is 7.93. The molecule has 0 aromatic heterocycles. The van der Waals surface area contributed by atoms with E-state index in [1.807, 2.05) is 0 Å². The molecule has 0 bridgehead atoms. The van der Waals surface area contributed by atoms with Gasteiger partial charge in [-0.3, -0.25) is 0 Å². The van der Waals surface area contributed by atoms with Gasteiger partial charge in [0, 0.05) is 41.8 Å². The Balaban J connectivity index is -0.000000141. The summed E-state index contributed by atoms with van der Waals surface area (Å²) in [5.41, 5.74) is 0. The van der Waals surface area contributed by atoms with Gasteiger partial charge >= 0.3 is 0 Å². The van der Waals surface area contributed by atoms with Crippen LogP contribution in [0.3, 0.4) is 0 Å². The molecule has 0 saturated heterocycles. The van der Waals surface area contributed by atoms with Crippen molar-refractivity contribution in [2.24, 2.45) is 0 Å². The lowest BCUT2D eigenvalue weighted by atomic mass is 10.9. The van der Waals surface area contributed by atoms with Gasteiger partial charge in [0.2, 0.25) is 0 Å². The average Bonchev–Trinajstić information content (AvgIpc) is 2.72. The Hall–Kier alpha value is 1.60. The van der Waals surface area contributed by atoms with Crippen LogP contribution in [0.2, 0.25) is 0 Å². The summed E-state index contributed by atoms with van der Waals surface area (Å²) in [6, 6.07) is 0. The van der Waals surface area contributed by atoms with Gasteiger partial charge in [0.05, 0.1) is 55.5 Å². The van der Waals surface area contributed by atoms with Crippen LogP contribution < -0.4 is 14.7 Å². The number of rotatable bonds is 9. The fourth-order valence-electron chi connectivity index (χ4n) is 2.01. The van der Waals surface area contributed by atoms with Crippen LogP contribution in [0.4, 0.5) is 0 Å². The van der Waals surface area contributed by atoms with Gasteiger partial charge < -0.3 is 23.3 Å². The Bertz CT molecular complexity index is 234. The summed E-state index contributed by atoms with van der Waals surface area (Å²) >= 11 is 0. The molecule has 28 heavy (non-hydrogen) atoms. The highest BCUT2D eigenvalue weighted by Crippen LogP contribution is 2.54. The quantitative estimate of drug-likeness (QED) is 0.418. The van der Waals surface area contributed by atoms with Crippen LogP contribution in [0.5, 0.6) is 0 Å². The minimum Gasteiger partial charge on any atom is -0.854 e. The Morgan fingerprint density at radius 1 is 0.393 bits per heavy atom. The first-order valence-corrected chi connectivity index (χ1v) is 20.6. The summed E-state index contributed by atoms with van der Waals surface area (Å²) in [4.78, 5) is 25.4. The molecule has 0 radical (unpaired) electrons. The molecule has 0 aliphatic rings. The average molecular weight is 479 g/mol. The first-order chi connectivity index (χ1) is 12.8. The molecule has 0 aliphatic heterocycles. The maximum atomic E-state index is 8.48. The van der Waals surface area contributed by atoms with Crippen molar-refractivity contribution >= 4 is 30.4 Å². The van der Waals surface area contributed by atoms with Crippen molar-refractivity contribution in [3.8, 4) is 0 Å². The van der Waals surface area contributed by atoms with E-state index in [1.54, 1.807) is 0 Å². The van der Waals surface area contributed by atoms with E-state index in [9.17, 15) is 0 Å². The molecule has 176 valence electrons. The van der Waals surface area contributed by atoms with Crippen molar-refractivity contribution in [1.82, 2.24) is 0 Å². The number of hydrogen-bond acceptors (Lipinski definition) is 3. The Morgan fingerprint density at radius 3 is 0.464 bits per heavy atom. The van der Waals surface area contributed by atoms with E-state index in [-0.39, 0.29) is 0 Å². The van der Waals surface area contributed by atoms with E-state index in [0.717, 1.165) is 0 Å². The van der Waals surface area contributed by atoms with Crippen LogP contribution in [0, 0.1) is 0 Å². The maximum absolute atomic E-state index is 8.48. The fraction of sp³-hybridized carbons (Fsp3) is 1.00. The van der Waals surface area contributed by atoms with Crippen molar-refractivity contribution in [3.63, 3.8) is 0 Å². The van der Waals surface area contributed by atoms with Crippen molar-refractivity contribution in [3.05, 3.63) is 0 Å². The zero-order valence-corrected chi connectivity index (χ0v) is 25.0. The van der Waals surface area contributed by atoms with Gasteiger partial charge in [0.25, 0.3) is 0 Å². The minimum atomic E-state index is -3.37. The first kappa shape index (κ1) is 36.9. The maximum Gasteiger partial charge on any atom is 0.0563 e. The Kier molecular flexibility index (Phi) is 28.8. The monoisotopic (exact) mass is 478 g/mol. The third-order valence-electron chi connectivity index (χ3n) is 6.87. The highest BCUT2D eigenvalue weighted by atomic mass is 31.2. The first-order valence-electron chi connectivity index (χ1n) is 11.1. The second-order valence-corrected chi connectivity index (χ2v) is 23.8. The van der Waals surface area contributed by atoms with Crippen molar-refractivity contribution in [1.29, 1.82) is 0 Å². The number of hydrogen-bond donors (Lipinski definition) is 0.